The third-order valence-electron chi connectivity index (χ3n) is 0.543. The third kappa shape index (κ3) is 3.21. The number of carbonyl (C=O) groups excluding carboxylic acids is 1. The van der Waals surface area contributed by atoms with Gasteiger partial charge >= 0.3 is 0 Å². The van der Waals surface area contributed by atoms with Gasteiger partial charge in [-0.2, -0.15) is 0 Å². The molecule has 0 saturated heterocycles. The summed E-state index contributed by atoms with van der Waals surface area (Å²) in [6.45, 7) is 0. The second-order valence-electron chi connectivity index (χ2n) is 1.71. The van der Waals surface area contributed by atoms with E-state index in [-0.39, 0.29) is 5.70 Å². The topological polar surface area (TPSA) is 46.3 Å². The lowest BCUT2D eigenvalue weighted by atomic mass is 10.5. The molecule has 3 nitrogen and oxygen atoms in total. The van der Waals surface area contributed by atoms with Crippen molar-refractivity contribution in [2.75, 3.05) is 14.1 Å². The van der Waals surface area contributed by atoms with Crippen molar-refractivity contribution in [1.29, 1.82) is 0 Å². The van der Waals surface area contributed by atoms with E-state index < -0.39 is 0 Å². The fourth-order valence-electron chi connectivity index (χ4n) is 0.329. The molecular weight excluding hydrogens is 104 g/mol. The lowest BCUT2D eigenvalue weighted by molar-refractivity contribution is -0.105. The average molecular weight is 114 g/mol. The molecule has 3 heteroatoms. The van der Waals surface area contributed by atoms with E-state index >= 15 is 0 Å². The summed E-state index contributed by atoms with van der Waals surface area (Å²) in [5, 5.41) is 0. The molecule has 0 spiro atoms. The van der Waals surface area contributed by atoms with Crippen LogP contribution in [0.1, 0.15) is 0 Å². The Morgan fingerprint density at radius 1 is 1.62 bits per heavy atom. The summed E-state index contributed by atoms with van der Waals surface area (Å²) in [6, 6.07) is 0. The fourth-order valence-corrected chi connectivity index (χ4v) is 0.329. The Kier molecular flexibility index (Phi) is 2.69. The van der Waals surface area contributed by atoms with Crippen molar-refractivity contribution >= 4 is 6.29 Å². The minimum Gasteiger partial charge on any atom is -0.395 e. The van der Waals surface area contributed by atoms with Crippen LogP contribution in [0.25, 0.3) is 0 Å². The number of carbonyl (C=O) groups is 1. The van der Waals surface area contributed by atoms with Crippen molar-refractivity contribution < 1.29 is 4.79 Å². The van der Waals surface area contributed by atoms with Crippen LogP contribution >= 0.6 is 0 Å². The van der Waals surface area contributed by atoms with Gasteiger partial charge in [-0.15, -0.1) is 0 Å². The van der Waals surface area contributed by atoms with Gasteiger partial charge in [0.15, 0.2) is 6.29 Å². The molecule has 0 aliphatic carbocycles. The van der Waals surface area contributed by atoms with E-state index in [0.29, 0.717) is 6.29 Å². The van der Waals surface area contributed by atoms with E-state index in [9.17, 15) is 4.79 Å². The van der Waals surface area contributed by atoms with Crippen molar-refractivity contribution in [2.24, 2.45) is 5.73 Å². The van der Waals surface area contributed by atoms with E-state index in [1.807, 2.05) is 0 Å². The third-order valence-corrected chi connectivity index (χ3v) is 0.543. The molecule has 0 aromatic rings. The van der Waals surface area contributed by atoms with Crippen LogP contribution in [0.5, 0.6) is 0 Å². The summed E-state index contributed by atoms with van der Waals surface area (Å²) in [6.07, 6.45) is 2.16. The SMILES string of the molecule is CN(C)/C=C(\N)C=O. The highest BCUT2D eigenvalue weighted by Crippen LogP contribution is 1.78. The number of aldehydes is 1. The van der Waals surface area contributed by atoms with E-state index in [2.05, 4.69) is 0 Å². The molecule has 0 fully saturated rings. The smallest absolute Gasteiger partial charge is 0.167 e. The average Bonchev–Trinajstić information content (AvgIpc) is 1.65. The standard InChI is InChI=1S/C5H10N2O/c1-7(2)3-5(6)4-8/h3-4H,6H2,1-2H3/b5-3-. The molecule has 0 rings (SSSR count). The van der Waals surface area contributed by atoms with Gasteiger partial charge in [0.05, 0.1) is 5.70 Å². The van der Waals surface area contributed by atoms with E-state index in [4.69, 9.17) is 5.73 Å². The lowest BCUT2D eigenvalue weighted by Crippen LogP contribution is -2.08. The molecule has 0 aliphatic heterocycles. The molecule has 0 radical (unpaired) electrons. The molecule has 0 aliphatic rings. The molecular formula is C5H10N2O. The number of hydrogen-bond donors (Lipinski definition) is 1. The molecule has 0 unspecified atom stereocenters. The highest BCUT2D eigenvalue weighted by Gasteiger charge is 1.82. The van der Waals surface area contributed by atoms with Crippen molar-refractivity contribution in [1.82, 2.24) is 4.90 Å². The number of hydrogen-bond acceptors (Lipinski definition) is 3. The normalized spacial score (nSPS) is 11.0. The Morgan fingerprint density at radius 3 is 2.25 bits per heavy atom. The van der Waals surface area contributed by atoms with Crippen LogP contribution in [-0.2, 0) is 4.79 Å². The van der Waals surface area contributed by atoms with E-state index in [0.717, 1.165) is 0 Å². The first-order valence-electron chi connectivity index (χ1n) is 2.25. The van der Waals surface area contributed by atoms with Crippen LogP contribution in [0.3, 0.4) is 0 Å². The molecule has 8 heavy (non-hydrogen) atoms. The largest absolute Gasteiger partial charge is 0.395 e. The Hall–Kier alpha value is -0.990. The summed E-state index contributed by atoms with van der Waals surface area (Å²) in [7, 11) is 3.60. The van der Waals surface area contributed by atoms with Gasteiger partial charge in [0.1, 0.15) is 0 Å². The maximum absolute atomic E-state index is 9.82. The van der Waals surface area contributed by atoms with Gasteiger partial charge in [-0.05, 0) is 0 Å². The van der Waals surface area contributed by atoms with Crippen LogP contribution < -0.4 is 5.73 Å². The number of nitrogens with zero attached hydrogens (tertiary/aromatic N) is 1. The van der Waals surface area contributed by atoms with Crippen molar-refractivity contribution in [3.8, 4) is 0 Å². The maximum Gasteiger partial charge on any atom is 0.167 e. The summed E-state index contributed by atoms with van der Waals surface area (Å²) in [4.78, 5) is 11.5. The Balaban J connectivity index is 3.74. The van der Waals surface area contributed by atoms with E-state index in [1.165, 1.54) is 0 Å². The predicted octanol–water partition coefficient (Wildman–Crippen LogP) is -0.453. The second kappa shape index (κ2) is 3.07. The molecule has 2 N–H and O–H groups in total. The molecule has 0 atom stereocenters. The number of rotatable bonds is 2. The highest BCUT2D eigenvalue weighted by atomic mass is 16.1. The molecule has 0 amide bonds. The lowest BCUT2D eigenvalue weighted by Gasteiger charge is -2.02. The Labute approximate surface area is 48.8 Å². The van der Waals surface area contributed by atoms with Crippen LogP contribution in [0.15, 0.2) is 11.9 Å². The molecule has 0 bridgehead atoms. The maximum atomic E-state index is 9.82. The Bertz CT molecular complexity index is 107. The van der Waals surface area contributed by atoms with Crippen molar-refractivity contribution in [3.63, 3.8) is 0 Å². The predicted molar refractivity (Wildman–Crippen MR) is 32.0 cm³/mol. The van der Waals surface area contributed by atoms with E-state index in [1.54, 1.807) is 25.2 Å². The first-order chi connectivity index (χ1) is 3.66. The van der Waals surface area contributed by atoms with Gasteiger partial charge < -0.3 is 10.6 Å². The van der Waals surface area contributed by atoms with Crippen molar-refractivity contribution in [2.45, 2.75) is 0 Å². The highest BCUT2D eigenvalue weighted by molar-refractivity contribution is 5.71. The zero-order chi connectivity index (χ0) is 6.57. The van der Waals surface area contributed by atoms with Gasteiger partial charge in [-0.3, -0.25) is 4.79 Å². The summed E-state index contributed by atoms with van der Waals surface area (Å²) < 4.78 is 0. The van der Waals surface area contributed by atoms with Gasteiger partial charge in [-0.1, -0.05) is 0 Å². The molecule has 0 saturated carbocycles. The van der Waals surface area contributed by atoms with Gasteiger partial charge in [0, 0.05) is 20.3 Å². The van der Waals surface area contributed by atoms with Gasteiger partial charge in [-0.25, -0.2) is 0 Å². The van der Waals surface area contributed by atoms with Crippen LogP contribution in [-0.4, -0.2) is 25.3 Å². The minimum atomic E-state index is 0.245. The minimum absolute atomic E-state index is 0.245. The molecule has 0 heterocycles. The fraction of sp³-hybridized carbons (Fsp3) is 0.400. The molecule has 0 aromatic heterocycles. The summed E-state index contributed by atoms with van der Waals surface area (Å²) in [5.74, 6) is 0. The molecule has 46 valence electrons. The Morgan fingerprint density at radius 2 is 2.12 bits per heavy atom. The first kappa shape index (κ1) is 7.01. The van der Waals surface area contributed by atoms with Crippen LogP contribution in [0.2, 0.25) is 0 Å². The van der Waals surface area contributed by atoms with Crippen LogP contribution in [0.4, 0.5) is 0 Å². The van der Waals surface area contributed by atoms with Gasteiger partial charge in [0.25, 0.3) is 0 Å². The number of nitrogens with two attached hydrogens (primary N) is 1. The van der Waals surface area contributed by atoms with Crippen LogP contribution in [0, 0.1) is 0 Å². The molecule has 0 aromatic carbocycles. The number of allylic oxidation sites excluding steroid dienone is 1. The first-order valence-corrected chi connectivity index (χ1v) is 2.25. The van der Waals surface area contributed by atoms with Gasteiger partial charge in [0.2, 0.25) is 0 Å². The quantitative estimate of drug-likeness (QED) is 0.390. The summed E-state index contributed by atoms with van der Waals surface area (Å²) >= 11 is 0. The zero-order valence-electron chi connectivity index (χ0n) is 5.09. The van der Waals surface area contributed by atoms with Crippen molar-refractivity contribution in [3.05, 3.63) is 11.9 Å². The zero-order valence-corrected chi connectivity index (χ0v) is 5.09. The summed E-state index contributed by atoms with van der Waals surface area (Å²) in [5.41, 5.74) is 5.37. The monoisotopic (exact) mass is 114 g/mol. The second-order valence-corrected chi connectivity index (χ2v) is 1.71.